The monoisotopic (exact) mass is 233 g/mol. The predicted octanol–water partition coefficient (Wildman–Crippen LogP) is 3.14. The summed E-state index contributed by atoms with van der Waals surface area (Å²) in [7, 11) is 0. The molecule has 0 saturated heterocycles. The molecule has 2 heteroatoms. The highest BCUT2D eigenvalue weighted by molar-refractivity contribution is 5.58. The van der Waals surface area contributed by atoms with Gasteiger partial charge in [-0.25, -0.2) is 0 Å². The van der Waals surface area contributed by atoms with E-state index < -0.39 is 5.60 Å². The van der Waals surface area contributed by atoms with Gasteiger partial charge in [-0.3, -0.25) is 0 Å². The number of hydrogen-bond donors (Lipinski definition) is 2. The molecule has 2 N–H and O–H groups in total. The lowest BCUT2D eigenvalue weighted by molar-refractivity contribution is 0.0714. The highest BCUT2D eigenvalue weighted by atomic mass is 16.3. The van der Waals surface area contributed by atoms with E-state index in [9.17, 15) is 5.11 Å². The largest absolute Gasteiger partial charge is 0.390 e. The first-order valence-electron chi connectivity index (χ1n) is 6.63. The minimum Gasteiger partial charge on any atom is -0.390 e. The summed E-state index contributed by atoms with van der Waals surface area (Å²) in [6, 6.07) is 6.55. The lowest BCUT2D eigenvalue weighted by atomic mass is 9.95. The molecule has 1 heterocycles. The third kappa shape index (κ3) is 3.47. The standard InChI is InChI=1S/C15H23NO/c1-15(2,17)10-9-13-8-5-7-12-6-3-4-11-16-14(12)13/h5,7-8,16-17H,3-4,6,9-11H2,1-2H3. The van der Waals surface area contributed by atoms with Gasteiger partial charge in [0.15, 0.2) is 0 Å². The van der Waals surface area contributed by atoms with Crippen molar-refractivity contribution >= 4 is 5.69 Å². The van der Waals surface area contributed by atoms with Gasteiger partial charge in [-0.15, -0.1) is 0 Å². The van der Waals surface area contributed by atoms with Crippen LogP contribution in [0.5, 0.6) is 0 Å². The van der Waals surface area contributed by atoms with E-state index >= 15 is 0 Å². The van der Waals surface area contributed by atoms with Crippen LogP contribution < -0.4 is 5.32 Å². The summed E-state index contributed by atoms with van der Waals surface area (Å²) >= 11 is 0. The van der Waals surface area contributed by atoms with Gasteiger partial charge < -0.3 is 10.4 Å². The van der Waals surface area contributed by atoms with E-state index in [1.807, 2.05) is 13.8 Å². The zero-order valence-electron chi connectivity index (χ0n) is 10.9. The molecule has 17 heavy (non-hydrogen) atoms. The first-order valence-corrected chi connectivity index (χ1v) is 6.63. The summed E-state index contributed by atoms with van der Waals surface area (Å²) < 4.78 is 0. The zero-order chi connectivity index (χ0) is 12.3. The molecule has 1 aliphatic rings. The first kappa shape index (κ1) is 12.4. The fourth-order valence-corrected chi connectivity index (χ4v) is 2.39. The SMILES string of the molecule is CC(C)(O)CCc1cccc2c1NCCCC2. The van der Waals surface area contributed by atoms with Crippen LogP contribution in [0.15, 0.2) is 18.2 Å². The molecular formula is C15H23NO. The number of nitrogens with one attached hydrogen (secondary N) is 1. The molecule has 0 amide bonds. The minimum atomic E-state index is -0.576. The smallest absolute Gasteiger partial charge is 0.0595 e. The van der Waals surface area contributed by atoms with Crippen molar-refractivity contribution in [3.05, 3.63) is 29.3 Å². The number of hydrogen-bond acceptors (Lipinski definition) is 2. The first-order chi connectivity index (χ1) is 8.06. The van der Waals surface area contributed by atoms with Crippen LogP contribution in [0.1, 0.15) is 44.2 Å². The van der Waals surface area contributed by atoms with Crippen LogP contribution in [-0.2, 0) is 12.8 Å². The molecule has 0 aliphatic carbocycles. The van der Waals surface area contributed by atoms with Crippen LogP contribution in [0.4, 0.5) is 5.69 Å². The van der Waals surface area contributed by atoms with Crippen molar-refractivity contribution in [3.63, 3.8) is 0 Å². The lowest BCUT2D eigenvalue weighted by Gasteiger charge is -2.19. The molecule has 0 radical (unpaired) electrons. The second-order valence-corrected chi connectivity index (χ2v) is 5.65. The highest BCUT2D eigenvalue weighted by Gasteiger charge is 2.15. The summed E-state index contributed by atoms with van der Waals surface area (Å²) in [5.41, 5.74) is 3.55. The maximum Gasteiger partial charge on any atom is 0.0595 e. The van der Waals surface area contributed by atoms with E-state index in [1.54, 1.807) is 0 Å². The van der Waals surface area contributed by atoms with Crippen LogP contribution >= 0.6 is 0 Å². The number of para-hydroxylation sites is 1. The minimum absolute atomic E-state index is 0.576. The van der Waals surface area contributed by atoms with Crippen LogP contribution in [0.3, 0.4) is 0 Å². The molecule has 0 fully saturated rings. The van der Waals surface area contributed by atoms with Crippen LogP contribution in [0, 0.1) is 0 Å². The zero-order valence-corrected chi connectivity index (χ0v) is 10.9. The molecule has 0 saturated carbocycles. The Balaban J connectivity index is 2.17. The number of aryl methyl sites for hydroxylation is 2. The van der Waals surface area contributed by atoms with Gasteiger partial charge in [0.2, 0.25) is 0 Å². The Bertz CT molecular complexity index is 379. The van der Waals surface area contributed by atoms with E-state index in [-0.39, 0.29) is 0 Å². The van der Waals surface area contributed by atoms with E-state index in [0.29, 0.717) is 0 Å². The van der Waals surface area contributed by atoms with E-state index in [4.69, 9.17) is 0 Å². The molecule has 1 aromatic rings. The molecule has 2 rings (SSSR count). The van der Waals surface area contributed by atoms with E-state index in [2.05, 4.69) is 23.5 Å². The number of benzene rings is 1. The van der Waals surface area contributed by atoms with E-state index in [1.165, 1.54) is 36.1 Å². The Labute approximate surface area is 104 Å². The van der Waals surface area contributed by atoms with E-state index in [0.717, 1.165) is 19.4 Å². The number of fused-ring (bicyclic) bond motifs is 1. The fourth-order valence-electron chi connectivity index (χ4n) is 2.39. The van der Waals surface area contributed by atoms with Crippen molar-refractivity contribution in [2.45, 2.75) is 51.6 Å². The summed E-state index contributed by atoms with van der Waals surface area (Å²) in [6.07, 6.45) is 5.46. The Morgan fingerprint density at radius 1 is 1.29 bits per heavy atom. The van der Waals surface area contributed by atoms with Crippen LogP contribution in [0.25, 0.3) is 0 Å². The van der Waals surface area contributed by atoms with Gasteiger partial charge in [-0.1, -0.05) is 18.2 Å². The van der Waals surface area contributed by atoms with Crippen molar-refractivity contribution in [3.8, 4) is 0 Å². The molecule has 2 nitrogen and oxygen atoms in total. The molecule has 1 aliphatic heterocycles. The Kier molecular flexibility index (Phi) is 3.72. The molecule has 0 unspecified atom stereocenters. The van der Waals surface area contributed by atoms with Crippen molar-refractivity contribution < 1.29 is 5.11 Å². The topological polar surface area (TPSA) is 32.3 Å². The van der Waals surface area contributed by atoms with Gasteiger partial charge in [0.1, 0.15) is 0 Å². The van der Waals surface area contributed by atoms with Gasteiger partial charge in [0.25, 0.3) is 0 Å². The third-order valence-electron chi connectivity index (χ3n) is 3.42. The average molecular weight is 233 g/mol. The quantitative estimate of drug-likeness (QED) is 0.840. The van der Waals surface area contributed by atoms with Gasteiger partial charge in [0, 0.05) is 12.2 Å². The maximum atomic E-state index is 9.82. The Hall–Kier alpha value is -1.02. The molecule has 1 aromatic carbocycles. The molecule has 0 atom stereocenters. The maximum absolute atomic E-state index is 9.82. The van der Waals surface area contributed by atoms with Gasteiger partial charge >= 0.3 is 0 Å². The second-order valence-electron chi connectivity index (χ2n) is 5.65. The van der Waals surface area contributed by atoms with Crippen LogP contribution in [0.2, 0.25) is 0 Å². The summed E-state index contributed by atoms with van der Waals surface area (Å²) in [5, 5.41) is 13.4. The molecular weight excluding hydrogens is 210 g/mol. The number of rotatable bonds is 3. The summed E-state index contributed by atoms with van der Waals surface area (Å²) in [6.45, 7) is 4.83. The molecule has 0 aromatic heterocycles. The Morgan fingerprint density at radius 2 is 2.12 bits per heavy atom. The lowest BCUT2D eigenvalue weighted by Crippen LogP contribution is -2.19. The molecule has 0 spiro atoms. The third-order valence-corrected chi connectivity index (χ3v) is 3.42. The fraction of sp³-hybridized carbons (Fsp3) is 0.600. The Morgan fingerprint density at radius 3 is 2.88 bits per heavy atom. The highest BCUT2D eigenvalue weighted by Crippen LogP contribution is 2.27. The summed E-state index contributed by atoms with van der Waals surface area (Å²) in [4.78, 5) is 0. The molecule has 0 bridgehead atoms. The number of aliphatic hydroxyl groups is 1. The van der Waals surface area contributed by atoms with Gasteiger partial charge in [0.05, 0.1) is 5.60 Å². The van der Waals surface area contributed by atoms with Crippen molar-refractivity contribution in [2.24, 2.45) is 0 Å². The summed E-state index contributed by atoms with van der Waals surface area (Å²) in [5.74, 6) is 0. The second kappa shape index (κ2) is 5.09. The van der Waals surface area contributed by atoms with Crippen molar-refractivity contribution in [1.82, 2.24) is 0 Å². The molecule has 94 valence electrons. The van der Waals surface area contributed by atoms with Crippen molar-refractivity contribution in [2.75, 3.05) is 11.9 Å². The van der Waals surface area contributed by atoms with Gasteiger partial charge in [-0.05, 0) is 57.1 Å². The van der Waals surface area contributed by atoms with Crippen molar-refractivity contribution in [1.29, 1.82) is 0 Å². The normalized spacial score (nSPS) is 15.9. The van der Waals surface area contributed by atoms with Crippen LogP contribution in [-0.4, -0.2) is 17.3 Å². The number of anilines is 1. The van der Waals surface area contributed by atoms with Gasteiger partial charge in [-0.2, -0.15) is 0 Å². The predicted molar refractivity (Wildman–Crippen MR) is 72.5 cm³/mol. The average Bonchev–Trinajstić information content (AvgIpc) is 2.50.